The molecule has 0 spiro atoms. The molecule has 2 N–H and O–H groups in total. The minimum atomic E-state index is -0.243. The Kier molecular flexibility index (Phi) is 5.00. The molecule has 3 rings (SSSR count). The fraction of sp³-hybridized carbons (Fsp3) is 0.176. The number of benzene rings is 2. The number of hydrogen-bond acceptors (Lipinski definition) is 5. The fourth-order valence-electron chi connectivity index (χ4n) is 2.18. The third-order valence-corrected chi connectivity index (χ3v) is 4.55. The van der Waals surface area contributed by atoms with Crippen molar-refractivity contribution in [1.29, 1.82) is 0 Å². The van der Waals surface area contributed by atoms with Crippen LogP contribution in [0.1, 0.15) is 17.0 Å². The van der Waals surface area contributed by atoms with Gasteiger partial charge in [0.1, 0.15) is 11.6 Å². The monoisotopic (exact) mass is 344 g/mol. The van der Waals surface area contributed by atoms with Crippen molar-refractivity contribution in [2.45, 2.75) is 17.3 Å². The number of nitrogens with two attached hydrogens (primary N) is 1. The second kappa shape index (κ2) is 7.35. The predicted octanol–water partition coefficient (Wildman–Crippen LogP) is 3.02. The molecule has 124 valence electrons. The maximum absolute atomic E-state index is 12.9. The SMILES string of the molecule is COc1ccc(Cc2nnc(SCc3ccc(F)cc3)n2N)cc1. The summed E-state index contributed by atoms with van der Waals surface area (Å²) in [4.78, 5) is 0. The molecule has 0 saturated heterocycles. The van der Waals surface area contributed by atoms with E-state index in [1.165, 1.54) is 28.6 Å². The van der Waals surface area contributed by atoms with Gasteiger partial charge in [-0.15, -0.1) is 10.2 Å². The van der Waals surface area contributed by atoms with Crippen LogP contribution in [0, 0.1) is 5.82 Å². The summed E-state index contributed by atoms with van der Waals surface area (Å²) in [6.45, 7) is 0. The zero-order valence-corrected chi connectivity index (χ0v) is 14.0. The molecule has 0 radical (unpaired) electrons. The van der Waals surface area contributed by atoms with E-state index < -0.39 is 0 Å². The van der Waals surface area contributed by atoms with Gasteiger partial charge in [-0.2, -0.15) is 0 Å². The van der Waals surface area contributed by atoms with Crippen LogP contribution in [0.15, 0.2) is 53.7 Å². The third kappa shape index (κ3) is 3.86. The fourth-order valence-corrected chi connectivity index (χ4v) is 3.01. The van der Waals surface area contributed by atoms with Gasteiger partial charge in [-0.1, -0.05) is 36.0 Å². The van der Waals surface area contributed by atoms with Crippen LogP contribution < -0.4 is 10.6 Å². The Labute approximate surface area is 143 Å². The Hall–Kier alpha value is -2.54. The van der Waals surface area contributed by atoms with Crippen LogP contribution in [0.3, 0.4) is 0 Å². The first-order valence-corrected chi connectivity index (χ1v) is 8.34. The van der Waals surface area contributed by atoms with Crippen molar-refractivity contribution in [3.05, 3.63) is 71.3 Å². The summed E-state index contributed by atoms with van der Waals surface area (Å²) in [5.74, 6) is 7.98. The van der Waals surface area contributed by atoms with E-state index in [0.717, 1.165) is 16.9 Å². The molecule has 0 atom stereocenters. The number of hydrogen-bond donors (Lipinski definition) is 1. The van der Waals surface area contributed by atoms with Crippen molar-refractivity contribution < 1.29 is 9.13 Å². The topological polar surface area (TPSA) is 66.0 Å². The molecule has 24 heavy (non-hydrogen) atoms. The highest BCUT2D eigenvalue weighted by atomic mass is 32.2. The van der Waals surface area contributed by atoms with Crippen molar-refractivity contribution in [2.75, 3.05) is 13.0 Å². The van der Waals surface area contributed by atoms with Gasteiger partial charge >= 0.3 is 0 Å². The highest BCUT2D eigenvalue weighted by Gasteiger charge is 2.11. The Bertz CT molecular complexity index is 802. The summed E-state index contributed by atoms with van der Waals surface area (Å²) >= 11 is 1.47. The number of thioether (sulfide) groups is 1. The molecule has 0 aliphatic rings. The minimum absolute atomic E-state index is 0.243. The first kappa shape index (κ1) is 16.3. The molecule has 3 aromatic rings. The van der Waals surface area contributed by atoms with Crippen LogP contribution in [0.4, 0.5) is 4.39 Å². The smallest absolute Gasteiger partial charge is 0.210 e. The van der Waals surface area contributed by atoms with Crippen LogP contribution in [-0.2, 0) is 12.2 Å². The summed E-state index contributed by atoms with van der Waals surface area (Å²) in [6.07, 6.45) is 0.588. The normalized spacial score (nSPS) is 10.8. The van der Waals surface area contributed by atoms with E-state index in [-0.39, 0.29) is 5.82 Å². The van der Waals surface area contributed by atoms with Crippen LogP contribution in [0.25, 0.3) is 0 Å². The van der Waals surface area contributed by atoms with E-state index in [1.807, 2.05) is 24.3 Å². The highest BCUT2D eigenvalue weighted by molar-refractivity contribution is 7.98. The van der Waals surface area contributed by atoms with Gasteiger partial charge in [-0.05, 0) is 35.4 Å². The first-order valence-electron chi connectivity index (χ1n) is 7.35. The number of nitrogen functional groups attached to an aromatic ring is 1. The molecule has 0 aliphatic heterocycles. The van der Waals surface area contributed by atoms with Gasteiger partial charge in [0.25, 0.3) is 0 Å². The van der Waals surface area contributed by atoms with Crippen molar-refractivity contribution in [3.8, 4) is 5.75 Å². The van der Waals surface area contributed by atoms with E-state index in [4.69, 9.17) is 10.6 Å². The lowest BCUT2D eigenvalue weighted by Gasteiger charge is -2.05. The third-order valence-electron chi connectivity index (χ3n) is 3.54. The second-order valence-electron chi connectivity index (χ2n) is 5.21. The molecule has 1 heterocycles. The largest absolute Gasteiger partial charge is 0.497 e. The summed E-state index contributed by atoms with van der Waals surface area (Å²) < 4.78 is 19.6. The van der Waals surface area contributed by atoms with Gasteiger partial charge in [0.05, 0.1) is 7.11 Å². The lowest BCUT2D eigenvalue weighted by molar-refractivity contribution is 0.414. The molecule has 0 unspecified atom stereocenters. The molecule has 0 bridgehead atoms. The van der Waals surface area contributed by atoms with Crippen molar-refractivity contribution in [2.24, 2.45) is 0 Å². The highest BCUT2D eigenvalue weighted by Crippen LogP contribution is 2.21. The number of ether oxygens (including phenoxy) is 1. The number of halogens is 1. The zero-order chi connectivity index (χ0) is 16.9. The average Bonchev–Trinajstić information content (AvgIpc) is 2.95. The van der Waals surface area contributed by atoms with Crippen molar-refractivity contribution in [3.63, 3.8) is 0 Å². The number of rotatable bonds is 6. The van der Waals surface area contributed by atoms with Gasteiger partial charge < -0.3 is 10.6 Å². The maximum atomic E-state index is 12.9. The molecular weight excluding hydrogens is 327 g/mol. The van der Waals surface area contributed by atoms with Crippen LogP contribution in [-0.4, -0.2) is 22.0 Å². The molecule has 7 heteroatoms. The van der Waals surface area contributed by atoms with E-state index >= 15 is 0 Å². The molecule has 5 nitrogen and oxygen atoms in total. The summed E-state index contributed by atoms with van der Waals surface area (Å²) in [7, 11) is 1.64. The standard InChI is InChI=1S/C17H17FN4OS/c1-23-15-8-4-12(5-9-15)10-16-20-21-17(22(16)19)24-11-13-2-6-14(18)7-3-13/h2-9H,10-11,19H2,1H3. The number of nitrogens with zero attached hydrogens (tertiary/aromatic N) is 3. The average molecular weight is 344 g/mol. The predicted molar refractivity (Wildman–Crippen MR) is 91.9 cm³/mol. The Morgan fingerprint density at radius 1 is 1.04 bits per heavy atom. The van der Waals surface area contributed by atoms with Gasteiger partial charge in [0, 0.05) is 12.2 Å². The van der Waals surface area contributed by atoms with Gasteiger partial charge in [-0.25, -0.2) is 9.07 Å². The van der Waals surface area contributed by atoms with Crippen molar-refractivity contribution >= 4 is 11.8 Å². The first-order chi connectivity index (χ1) is 11.7. The number of aromatic nitrogens is 3. The van der Waals surface area contributed by atoms with Gasteiger partial charge in [0.15, 0.2) is 5.82 Å². The lowest BCUT2D eigenvalue weighted by Crippen LogP contribution is -2.14. The van der Waals surface area contributed by atoms with Gasteiger partial charge in [-0.3, -0.25) is 0 Å². The lowest BCUT2D eigenvalue weighted by atomic mass is 10.1. The molecule has 0 aliphatic carbocycles. The van der Waals surface area contributed by atoms with Crippen LogP contribution >= 0.6 is 11.8 Å². The Morgan fingerprint density at radius 2 is 1.71 bits per heavy atom. The summed E-state index contributed by atoms with van der Waals surface area (Å²) in [6, 6.07) is 14.1. The summed E-state index contributed by atoms with van der Waals surface area (Å²) in [5.41, 5.74) is 2.08. The molecule has 0 amide bonds. The summed E-state index contributed by atoms with van der Waals surface area (Å²) in [5, 5.41) is 8.91. The Morgan fingerprint density at radius 3 is 2.38 bits per heavy atom. The maximum Gasteiger partial charge on any atom is 0.210 e. The van der Waals surface area contributed by atoms with Crippen LogP contribution in [0.5, 0.6) is 5.75 Å². The van der Waals surface area contributed by atoms with Crippen LogP contribution in [0.2, 0.25) is 0 Å². The number of methoxy groups -OCH3 is 1. The molecule has 0 fully saturated rings. The quantitative estimate of drug-likeness (QED) is 0.550. The molecule has 1 aromatic heterocycles. The molecule has 2 aromatic carbocycles. The van der Waals surface area contributed by atoms with E-state index in [0.29, 0.717) is 23.2 Å². The van der Waals surface area contributed by atoms with Crippen molar-refractivity contribution in [1.82, 2.24) is 14.9 Å². The van der Waals surface area contributed by atoms with Gasteiger partial charge in [0.2, 0.25) is 5.16 Å². The Balaban J connectivity index is 1.65. The molecular formula is C17H17FN4OS. The second-order valence-corrected chi connectivity index (χ2v) is 6.15. The van der Waals surface area contributed by atoms with E-state index in [9.17, 15) is 4.39 Å². The molecule has 0 saturated carbocycles. The van der Waals surface area contributed by atoms with E-state index in [1.54, 1.807) is 19.2 Å². The van der Waals surface area contributed by atoms with E-state index in [2.05, 4.69) is 10.2 Å². The minimum Gasteiger partial charge on any atom is -0.497 e. The zero-order valence-electron chi connectivity index (χ0n) is 13.1.